The second-order valence-electron chi connectivity index (χ2n) is 5.09. The number of hydrogen-bond acceptors (Lipinski definition) is 3. The summed E-state index contributed by atoms with van der Waals surface area (Å²) in [5.41, 5.74) is 5.17. The van der Waals surface area contributed by atoms with Gasteiger partial charge in [-0.3, -0.25) is 0 Å². The van der Waals surface area contributed by atoms with Crippen LogP contribution in [-0.4, -0.2) is 42.6 Å². The number of carbonyl (C=O) groups excluding carboxylic acids is 1. The lowest BCUT2D eigenvalue weighted by atomic mass is 9.96. The van der Waals surface area contributed by atoms with Crippen molar-refractivity contribution in [2.45, 2.75) is 27.2 Å². The average Bonchev–Trinajstić information content (AvgIpc) is 2.67. The monoisotopic (exact) mass is 262 g/mol. The standard InChI is InChI=1S/C15H22N2O2/c1-5-19-15(18)14-10(2)13(11(3)16-14)12-6-8-17(4)9-7-12/h6,16H,5,7-9H2,1-4H3. The quantitative estimate of drug-likeness (QED) is 0.851. The number of H-pyrrole nitrogens is 1. The van der Waals surface area contributed by atoms with Gasteiger partial charge in [-0.05, 0) is 45.4 Å². The first kappa shape index (κ1) is 13.9. The Bertz CT molecular complexity index is 514. The van der Waals surface area contributed by atoms with E-state index in [1.165, 1.54) is 11.1 Å². The maximum atomic E-state index is 11.9. The smallest absolute Gasteiger partial charge is 0.355 e. The van der Waals surface area contributed by atoms with Gasteiger partial charge in [0, 0.05) is 24.3 Å². The third-order valence-corrected chi connectivity index (χ3v) is 3.65. The van der Waals surface area contributed by atoms with E-state index >= 15 is 0 Å². The lowest BCUT2D eigenvalue weighted by Gasteiger charge is -2.22. The molecule has 0 spiro atoms. The molecule has 0 radical (unpaired) electrons. The number of ether oxygens (including phenoxy) is 1. The number of aryl methyl sites for hydroxylation is 1. The van der Waals surface area contributed by atoms with Gasteiger partial charge in [0.2, 0.25) is 0 Å². The highest BCUT2D eigenvalue weighted by Crippen LogP contribution is 2.30. The molecule has 1 N–H and O–H groups in total. The summed E-state index contributed by atoms with van der Waals surface area (Å²) in [6, 6.07) is 0. The fourth-order valence-corrected chi connectivity index (χ4v) is 2.64. The average molecular weight is 262 g/mol. The van der Waals surface area contributed by atoms with E-state index in [0.29, 0.717) is 12.3 Å². The Hall–Kier alpha value is -1.55. The van der Waals surface area contributed by atoms with Crippen LogP contribution in [0.1, 0.15) is 40.7 Å². The molecule has 0 aliphatic carbocycles. The summed E-state index contributed by atoms with van der Waals surface area (Å²) in [4.78, 5) is 17.3. The number of rotatable bonds is 3. The predicted octanol–water partition coefficient (Wildman–Crippen LogP) is 2.53. The predicted molar refractivity (Wildman–Crippen MR) is 76.3 cm³/mol. The molecule has 19 heavy (non-hydrogen) atoms. The maximum Gasteiger partial charge on any atom is 0.355 e. The van der Waals surface area contributed by atoms with Crippen molar-refractivity contribution in [2.24, 2.45) is 0 Å². The lowest BCUT2D eigenvalue weighted by molar-refractivity contribution is 0.0519. The van der Waals surface area contributed by atoms with Gasteiger partial charge in [-0.1, -0.05) is 6.08 Å². The molecule has 0 bridgehead atoms. The van der Waals surface area contributed by atoms with Crippen LogP contribution in [0.25, 0.3) is 5.57 Å². The van der Waals surface area contributed by atoms with Crippen molar-refractivity contribution in [3.8, 4) is 0 Å². The zero-order chi connectivity index (χ0) is 14.0. The van der Waals surface area contributed by atoms with E-state index < -0.39 is 0 Å². The van der Waals surface area contributed by atoms with Gasteiger partial charge in [-0.2, -0.15) is 0 Å². The van der Waals surface area contributed by atoms with E-state index in [9.17, 15) is 4.79 Å². The molecular formula is C15H22N2O2. The van der Waals surface area contributed by atoms with Crippen molar-refractivity contribution < 1.29 is 9.53 Å². The molecule has 0 saturated heterocycles. The van der Waals surface area contributed by atoms with Gasteiger partial charge in [-0.25, -0.2) is 4.79 Å². The maximum absolute atomic E-state index is 11.9. The third kappa shape index (κ3) is 2.73. The summed E-state index contributed by atoms with van der Waals surface area (Å²) in [5, 5.41) is 0. The van der Waals surface area contributed by atoms with E-state index in [-0.39, 0.29) is 5.97 Å². The first-order valence-corrected chi connectivity index (χ1v) is 6.78. The highest BCUT2D eigenvalue weighted by atomic mass is 16.5. The molecule has 1 aliphatic heterocycles. The van der Waals surface area contributed by atoms with Crippen LogP contribution >= 0.6 is 0 Å². The number of carbonyl (C=O) groups is 1. The Kier molecular flexibility index (Phi) is 4.10. The SMILES string of the molecule is CCOC(=O)c1[nH]c(C)c(C2=CCN(C)CC2)c1C. The number of likely N-dealkylation sites (N-methyl/N-ethyl adjacent to an activating group) is 1. The highest BCUT2D eigenvalue weighted by molar-refractivity contribution is 5.92. The first-order chi connectivity index (χ1) is 9.04. The zero-order valence-electron chi connectivity index (χ0n) is 12.2. The molecule has 104 valence electrons. The molecule has 0 saturated carbocycles. The van der Waals surface area contributed by atoms with Gasteiger partial charge in [-0.15, -0.1) is 0 Å². The Morgan fingerprint density at radius 2 is 2.21 bits per heavy atom. The summed E-state index contributed by atoms with van der Waals surface area (Å²) in [6.07, 6.45) is 3.28. The Morgan fingerprint density at radius 1 is 1.47 bits per heavy atom. The lowest BCUT2D eigenvalue weighted by Crippen LogP contribution is -2.23. The molecule has 4 nitrogen and oxygen atoms in total. The number of esters is 1. The summed E-state index contributed by atoms with van der Waals surface area (Å²) < 4.78 is 5.08. The highest BCUT2D eigenvalue weighted by Gasteiger charge is 2.21. The van der Waals surface area contributed by atoms with Crippen LogP contribution in [0.2, 0.25) is 0 Å². The van der Waals surface area contributed by atoms with Gasteiger partial charge in [0.05, 0.1) is 6.61 Å². The van der Waals surface area contributed by atoms with Crippen molar-refractivity contribution in [1.82, 2.24) is 9.88 Å². The van der Waals surface area contributed by atoms with Crippen molar-refractivity contribution >= 4 is 11.5 Å². The molecule has 2 heterocycles. The minimum Gasteiger partial charge on any atom is -0.461 e. The fraction of sp³-hybridized carbons (Fsp3) is 0.533. The normalized spacial score (nSPS) is 16.3. The van der Waals surface area contributed by atoms with Crippen molar-refractivity contribution in [2.75, 3.05) is 26.7 Å². The van der Waals surface area contributed by atoms with Crippen LogP contribution < -0.4 is 0 Å². The molecule has 1 aliphatic rings. The van der Waals surface area contributed by atoms with Crippen LogP contribution in [0.5, 0.6) is 0 Å². The molecule has 0 unspecified atom stereocenters. The molecular weight excluding hydrogens is 240 g/mol. The van der Waals surface area contributed by atoms with E-state index in [2.05, 4.69) is 23.0 Å². The van der Waals surface area contributed by atoms with Crippen LogP contribution in [-0.2, 0) is 4.74 Å². The molecule has 0 aromatic carbocycles. The number of hydrogen-bond donors (Lipinski definition) is 1. The van der Waals surface area contributed by atoms with E-state index in [0.717, 1.165) is 30.8 Å². The van der Waals surface area contributed by atoms with Gasteiger partial charge < -0.3 is 14.6 Å². The fourth-order valence-electron chi connectivity index (χ4n) is 2.64. The molecule has 2 rings (SSSR count). The Balaban J connectivity index is 2.34. The minimum absolute atomic E-state index is 0.261. The van der Waals surface area contributed by atoms with Crippen LogP contribution in [0, 0.1) is 13.8 Å². The second-order valence-corrected chi connectivity index (χ2v) is 5.09. The molecule has 0 amide bonds. The first-order valence-electron chi connectivity index (χ1n) is 6.78. The third-order valence-electron chi connectivity index (χ3n) is 3.65. The molecule has 1 aromatic rings. The van der Waals surface area contributed by atoms with Crippen LogP contribution in [0.4, 0.5) is 0 Å². The van der Waals surface area contributed by atoms with Crippen molar-refractivity contribution in [3.63, 3.8) is 0 Å². The number of aromatic nitrogens is 1. The topological polar surface area (TPSA) is 45.3 Å². The molecule has 1 aromatic heterocycles. The van der Waals surface area contributed by atoms with Gasteiger partial charge in [0.1, 0.15) is 5.69 Å². The second kappa shape index (κ2) is 5.61. The largest absolute Gasteiger partial charge is 0.461 e. The van der Waals surface area contributed by atoms with Gasteiger partial charge in [0.25, 0.3) is 0 Å². The van der Waals surface area contributed by atoms with E-state index in [1.807, 2.05) is 20.8 Å². The number of aromatic amines is 1. The molecule has 0 fully saturated rings. The van der Waals surface area contributed by atoms with Crippen LogP contribution in [0.15, 0.2) is 6.08 Å². The summed E-state index contributed by atoms with van der Waals surface area (Å²) in [7, 11) is 2.12. The van der Waals surface area contributed by atoms with Gasteiger partial charge in [0.15, 0.2) is 0 Å². The zero-order valence-corrected chi connectivity index (χ0v) is 12.2. The molecule has 4 heteroatoms. The summed E-state index contributed by atoms with van der Waals surface area (Å²) in [6.45, 7) is 8.26. The van der Waals surface area contributed by atoms with Crippen molar-refractivity contribution in [1.29, 1.82) is 0 Å². The van der Waals surface area contributed by atoms with Crippen molar-refractivity contribution in [3.05, 3.63) is 28.6 Å². The van der Waals surface area contributed by atoms with E-state index in [4.69, 9.17) is 4.74 Å². The number of nitrogens with zero attached hydrogens (tertiary/aromatic N) is 1. The van der Waals surface area contributed by atoms with E-state index in [1.54, 1.807) is 0 Å². The Morgan fingerprint density at radius 3 is 2.79 bits per heavy atom. The van der Waals surface area contributed by atoms with Crippen LogP contribution in [0.3, 0.4) is 0 Å². The molecule has 0 atom stereocenters. The Labute approximate surface area is 114 Å². The van der Waals surface area contributed by atoms with Gasteiger partial charge >= 0.3 is 5.97 Å². The minimum atomic E-state index is -0.261. The summed E-state index contributed by atoms with van der Waals surface area (Å²) >= 11 is 0. The number of nitrogens with one attached hydrogen (secondary N) is 1. The summed E-state index contributed by atoms with van der Waals surface area (Å²) in [5.74, 6) is -0.261.